The van der Waals surface area contributed by atoms with Crippen molar-refractivity contribution in [3.63, 3.8) is 0 Å². The molecule has 4 N–H and O–H groups in total. The first-order chi connectivity index (χ1) is 15.4. The van der Waals surface area contributed by atoms with Gasteiger partial charge in [0.2, 0.25) is 5.91 Å². The Balaban J connectivity index is 1.76. The van der Waals surface area contributed by atoms with Crippen LogP contribution in [0, 0.1) is 0 Å². The van der Waals surface area contributed by atoms with Crippen LogP contribution < -0.4 is 10.6 Å². The highest BCUT2D eigenvalue weighted by Gasteiger charge is 2.27. The quantitative estimate of drug-likeness (QED) is 0.415. The number of carboxylic acids is 1. The Morgan fingerprint density at radius 1 is 0.688 bits per heavy atom. The van der Waals surface area contributed by atoms with E-state index in [1.54, 1.807) is 42.5 Å². The number of carbonyl (C=O) groups is 3. The molecule has 0 radical (unpaired) electrons. The molecule has 7 nitrogen and oxygen atoms in total. The average Bonchev–Trinajstić information content (AvgIpc) is 2.80. The second-order valence-electron chi connectivity index (χ2n) is 7.35. The van der Waals surface area contributed by atoms with E-state index in [1.165, 1.54) is 12.1 Å². The second-order valence-corrected chi connectivity index (χ2v) is 7.35. The molecule has 164 valence electrons. The van der Waals surface area contributed by atoms with Gasteiger partial charge in [0.25, 0.3) is 5.91 Å². The molecule has 0 aliphatic heterocycles. The van der Waals surface area contributed by atoms with Crippen molar-refractivity contribution in [2.24, 2.45) is 0 Å². The third kappa shape index (κ3) is 6.43. The summed E-state index contributed by atoms with van der Waals surface area (Å²) in [6, 6.07) is 21.6. The van der Waals surface area contributed by atoms with Crippen LogP contribution >= 0.6 is 0 Å². The van der Waals surface area contributed by atoms with Crippen molar-refractivity contribution in [1.82, 2.24) is 10.6 Å². The molecule has 2 atom stereocenters. The van der Waals surface area contributed by atoms with Crippen LogP contribution in [0.25, 0.3) is 0 Å². The summed E-state index contributed by atoms with van der Waals surface area (Å²) in [6.07, 6.45) is 0.239. The number of carbonyl (C=O) groups excluding carboxylic acids is 2. The van der Waals surface area contributed by atoms with Gasteiger partial charge in [0.15, 0.2) is 0 Å². The van der Waals surface area contributed by atoms with Gasteiger partial charge in [0.05, 0.1) is 0 Å². The number of carboxylic acid groups (broad SMARTS) is 1. The molecule has 32 heavy (non-hydrogen) atoms. The fourth-order valence-electron chi connectivity index (χ4n) is 3.23. The van der Waals surface area contributed by atoms with E-state index in [2.05, 4.69) is 10.6 Å². The number of hydrogen-bond donors (Lipinski definition) is 4. The summed E-state index contributed by atoms with van der Waals surface area (Å²) in [5.41, 5.74) is 1.87. The number of aromatic hydroxyl groups is 1. The van der Waals surface area contributed by atoms with Crippen molar-refractivity contribution < 1.29 is 24.6 Å². The molecule has 0 fully saturated rings. The summed E-state index contributed by atoms with van der Waals surface area (Å²) in [4.78, 5) is 37.5. The van der Waals surface area contributed by atoms with Crippen LogP contribution in [-0.2, 0) is 22.4 Å². The summed E-state index contributed by atoms with van der Waals surface area (Å²) in [6.45, 7) is 0. The molecule has 3 aromatic rings. The van der Waals surface area contributed by atoms with Gasteiger partial charge >= 0.3 is 5.97 Å². The maximum absolute atomic E-state index is 13.0. The molecule has 3 rings (SSSR count). The molecule has 0 spiro atoms. The van der Waals surface area contributed by atoms with Gasteiger partial charge in [-0.2, -0.15) is 0 Å². The summed E-state index contributed by atoms with van der Waals surface area (Å²) in [5.74, 6) is -2.15. The zero-order valence-corrected chi connectivity index (χ0v) is 17.3. The fraction of sp³-hybridized carbons (Fsp3) is 0.160. The number of amides is 2. The second kappa shape index (κ2) is 10.8. The monoisotopic (exact) mass is 432 g/mol. The van der Waals surface area contributed by atoms with Crippen molar-refractivity contribution in [3.05, 3.63) is 102 Å². The number of benzene rings is 3. The zero-order valence-electron chi connectivity index (χ0n) is 17.3. The lowest BCUT2D eigenvalue weighted by atomic mass is 10.0. The van der Waals surface area contributed by atoms with Gasteiger partial charge in [-0.25, -0.2) is 4.79 Å². The molecule has 2 amide bonds. The molecule has 0 bridgehead atoms. The average molecular weight is 432 g/mol. The molecule has 0 saturated carbocycles. The molecular formula is C25H24N2O5. The molecule has 0 unspecified atom stereocenters. The Bertz CT molecular complexity index is 1050. The van der Waals surface area contributed by atoms with Crippen LogP contribution in [0.2, 0.25) is 0 Å². The van der Waals surface area contributed by atoms with Gasteiger partial charge < -0.3 is 20.8 Å². The SMILES string of the molecule is O=C(N[C@@H](Cc1ccccc1)C(=O)N[C@H](Cc1ccc(O)cc1)C(=O)O)c1ccccc1. The van der Waals surface area contributed by atoms with Crippen molar-refractivity contribution in [1.29, 1.82) is 0 Å². The van der Waals surface area contributed by atoms with Crippen LogP contribution in [-0.4, -0.2) is 40.1 Å². The van der Waals surface area contributed by atoms with Crippen molar-refractivity contribution in [2.45, 2.75) is 24.9 Å². The van der Waals surface area contributed by atoms with Crippen LogP contribution in [0.1, 0.15) is 21.5 Å². The van der Waals surface area contributed by atoms with E-state index >= 15 is 0 Å². The van der Waals surface area contributed by atoms with E-state index < -0.39 is 29.9 Å². The van der Waals surface area contributed by atoms with Gasteiger partial charge in [-0.3, -0.25) is 9.59 Å². The summed E-state index contributed by atoms with van der Waals surface area (Å²) in [5, 5.41) is 24.3. The molecule has 0 saturated heterocycles. The smallest absolute Gasteiger partial charge is 0.326 e. The predicted molar refractivity (Wildman–Crippen MR) is 119 cm³/mol. The Labute approximate surface area is 185 Å². The maximum atomic E-state index is 13.0. The topological polar surface area (TPSA) is 116 Å². The van der Waals surface area contributed by atoms with Crippen LogP contribution in [0.3, 0.4) is 0 Å². The van der Waals surface area contributed by atoms with Gasteiger partial charge in [0, 0.05) is 18.4 Å². The Hall–Kier alpha value is -4.13. The van der Waals surface area contributed by atoms with Gasteiger partial charge in [-0.05, 0) is 35.4 Å². The first-order valence-electron chi connectivity index (χ1n) is 10.1. The first kappa shape index (κ1) is 22.6. The lowest BCUT2D eigenvalue weighted by molar-refractivity contribution is -0.142. The van der Waals surface area contributed by atoms with Crippen molar-refractivity contribution in [2.75, 3.05) is 0 Å². The third-order valence-electron chi connectivity index (χ3n) is 4.93. The molecule has 0 heterocycles. The number of nitrogens with one attached hydrogen (secondary N) is 2. The summed E-state index contributed by atoms with van der Waals surface area (Å²) >= 11 is 0. The number of rotatable bonds is 9. The normalized spacial score (nSPS) is 12.4. The standard InChI is InChI=1S/C25H24N2O5/c28-20-13-11-18(12-14-20)16-22(25(31)32)27-24(30)21(15-17-7-3-1-4-8-17)26-23(29)19-9-5-2-6-10-19/h1-14,21-22,28H,15-16H2,(H,26,29)(H,27,30)(H,31,32)/t21-,22+/m0/s1. The summed E-state index contributed by atoms with van der Waals surface area (Å²) < 4.78 is 0. The predicted octanol–water partition coefficient (Wildman–Crippen LogP) is 2.55. The fourth-order valence-corrected chi connectivity index (χ4v) is 3.23. The number of phenolic OH excluding ortho intramolecular Hbond substituents is 1. The Morgan fingerprint density at radius 2 is 1.22 bits per heavy atom. The van der Waals surface area contributed by atoms with Gasteiger partial charge in [-0.1, -0.05) is 60.7 Å². The molecule has 0 aliphatic carbocycles. The highest BCUT2D eigenvalue weighted by molar-refractivity contribution is 5.98. The highest BCUT2D eigenvalue weighted by Crippen LogP contribution is 2.12. The van der Waals surface area contributed by atoms with E-state index in [4.69, 9.17) is 0 Å². The minimum atomic E-state index is -1.20. The highest BCUT2D eigenvalue weighted by atomic mass is 16.4. The van der Waals surface area contributed by atoms with E-state index in [0.717, 1.165) is 5.56 Å². The Morgan fingerprint density at radius 3 is 1.81 bits per heavy atom. The van der Waals surface area contributed by atoms with Crippen molar-refractivity contribution in [3.8, 4) is 5.75 Å². The molecule has 0 aromatic heterocycles. The van der Waals surface area contributed by atoms with Crippen LogP contribution in [0.5, 0.6) is 5.75 Å². The lowest BCUT2D eigenvalue weighted by Crippen LogP contribution is -2.53. The largest absolute Gasteiger partial charge is 0.508 e. The Kier molecular flexibility index (Phi) is 7.59. The first-order valence-corrected chi connectivity index (χ1v) is 10.1. The zero-order chi connectivity index (χ0) is 22.9. The molecule has 7 heteroatoms. The van der Waals surface area contributed by atoms with E-state index in [0.29, 0.717) is 11.1 Å². The third-order valence-corrected chi connectivity index (χ3v) is 4.93. The summed E-state index contributed by atoms with van der Waals surface area (Å²) in [7, 11) is 0. The van der Waals surface area contributed by atoms with Crippen LogP contribution in [0.4, 0.5) is 0 Å². The van der Waals surface area contributed by atoms with Crippen molar-refractivity contribution >= 4 is 17.8 Å². The minimum absolute atomic E-state index is 0.0338. The number of hydrogen-bond acceptors (Lipinski definition) is 4. The number of aliphatic carboxylic acids is 1. The van der Waals surface area contributed by atoms with E-state index in [-0.39, 0.29) is 18.6 Å². The molecule has 3 aromatic carbocycles. The number of phenols is 1. The van der Waals surface area contributed by atoms with Gasteiger partial charge in [-0.15, -0.1) is 0 Å². The van der Waals surface area contributed by atoms with E-state index in [1.807, 2.05) is 30.3 Å². The maximum Gasteiger partial charge on any atom is 0.326 e. The molecular weight excluding hydrogens is 408 g/mol. The van der Waals surface area contributed by atoms with Crippen LogP contribution in [0.15, 0.2) is 84.9 Å². The minimum Gasteiger partial charge on any atom is -0.508 e. The van der Waals surface area contributed by atoms with Gasteiger partial charge in [0.1, 0.15) is 17.8 Å². The molecule has 0 aliphatic rings. The van der Waals surface area contributed by atoms with E-state index in [9.17, 15) is 24.6 Å². The lowest BCUT2D eigenvalue weighted by Gasteiger charge is -2.22.